The molecule has 3 N–H and O–H groups in total. The number of methoxy groups -OCH3 is 1. The van der Waals surface area contributed by atoms with Crippen LogP contribution in [0.4, 0.5) is 23.2 Å². The van der Waals surface area contributed by atoms with E-state index in [4.69, 9.17) is 15.5 Å². The number of halogens is 4. The van der Waals surface area contributed by atoms with E-state index in [9.17, 15) is 22.8 Å². The monoisotopic (exact) mass is 692 g/mol. The number of ether oxygens (including phenoxy) is 1. The number of benzene rings is 1. The first kappa shape index (κ1) is 33.9. The van der Waals surface area contributed by atoms with E-state index in [1.165, 1.54) is 19.2 Å². The molecule has 2 aromatic heterocycles. The van der Waals surface area contributed by atoms with Gasteiger partial charge in [0.15, 0.2) is 0 Å². The molecule has 1 spiro atoms. The highest BCUT2D eigenvalue weighted by atomic mass is 19.4. The third kappa shape index (κ3) is 6.30. The Balaban J connectivity index is 1.23. The third-order valence-electron chi connectivity index (χ3n) is 10.6. The fourth-order valence-electron chi connectivity index (χ4n) is 7.73. The molecule has 1 saturated heterocycles. The molecule has 0 unspecified atom stereocenters. The maximum absolute atomic E-state index is 16.3. The van der Waals surface area contributed by atoms with Gasteiger partial charge in [0.2, 0.25) is 11.8 Å². The zero-order chi connectivity index (χ0) is 35.5. The minimum absolute atomic E-state index is 0.0560. The Kier molecular flexibility index (Phi) is 8.58. The van der Waals surface area contributed by atoms with Gasteiger partial charge in [-0.3, -0.25) is 14.6 Å². The molecule has 1 aromatic carbocycles. The molecule has 4 aliphatic rings. The molecule has 4 heterocycles. The second-order valence-corrected chi connectivity index (χ2v) is 14.3. The van der Waals surface area contributed by atoms with Crippen molar-refractivity contribution in [2.75, 3.05) is 18.6 Å². The zero-order valence-corrected chi connectivity index (χ0v) is 28.3. The number of aliphatic imine (C=N–C) groups is 1. The maximum Gasteiger partial charge on any atom is 0.433 e. The number of rotatable bonds is 9. The number of amidine groups is 1. The molecule has 2 atom stereocenters. The number of carbonyl (C=O) groups is 2. The molecule has 13 heteroatoms. The Labute approximate surface area is 287 Å². The highest BCUT2D eigenvalue weighted by Crippen LogP contribution is 2.45. The minimum atomic E-state index is -4.57. The second kappa shape index (κ2) is 12.6. The van der Waals surface area contributed by atoms with Gasteiger partial charge >= 0.3 is 6.18 Å². The van der Waals surface area contributed by atoms with Gasteiger partial charge in [-0.05, 0) is 86.9 Å². The first-order valence-corrected chi connectivity index (χ1v) is 17.2. The zero-order valence-electron chi connectivity index (χ0n) is 28.3. The number of carbonyl (C=O) groups excluding carboxylic acids is 2. The number of hydrogen-bond donors (Lipinski definition) is 2. The lowest BCUT2D eigenvalue weighted by atomic mass is 9.79. The van der Waals surface area contributed by atoms with Gasteiger partial charge in [0, 0.05) is 47.3 Å². The smallest absolute Gasteiger partial charge is 0.433 e. The van der Waals surface area contributed by atoms with Gasteiger partial charge in [-0.15, -0.1) is 0 Å². The summed E-state index contributed by atoms with van der Waals surface area (Å²) in [5.74, 6) is -0.346. The van der Waals surface area contributed by atoms with Crippen molar-refractivity contribution in [3.05, 3.63) is 69.9 Å². The van der Waals surface area contributed by atoms with E-state index in [1.807, 2.05) is 19.9 Å². The van der Waals surface area contributed by atoms with Crippen LogP contribution in [0.1, 0.15) is 91.6 Å². The molecular formula is C37H40F4N6O3. The van der Waals surface area contributed by atoms with E-state index >= 15 is 4.39 Å². The number of hydrogen-bond acceptors (Lipinski definition) is 7. The number of aryl methyl sites for hydroxylation is 1. The Morgan fingerprint density at radius 3 is 2.52 bits per heavy atom. The minimum Gasteiger partial charge on any atom is -0.481 e. The standard InChI is InChI=1S/C37H40F4N6O3/c1-19-13-24(17-30(42)48)43-34(50-3)31(19)23-15-27(38)26(14-21-5-4-6-21)28(16-23)47-12-11-36(18-20(47)2)35(49)45-33(46-36)25-9-10-29(37(39,40)41)44-32(25)22-7-8-22/h9-10,13,15-16,20-22H,4-8,11-12,14,17-18H2,1-3H3,(H2,42,48)(H,45,46,49)/t20-,36+/m0/s1. The summed E-state index contributed by atoms with van der Waals surface area (Å²) in [6.07, 6.45) is 1.29. The lowest BCUT2D eigenvalue weighted by molar-refractivity contribution is -0.141. The lowest BCUT2D eigenvalue weighted by Gasteiger charge is -2.43. The number of primary amides is 1. The van der Waals surface area contributed by atoms with E-state index in [0.717, 1.165) is 49.4 Å². The summed E-state index contributed by atoms with van der Waals surface area (Å²) < 4.78 is 62.4. The van der Waals surface area contributed by atoms with Crippen molar-refractivity contribution in [1.29, 1.82) is 0 Å². The fraction of sp³-hybridized carbons (Fsp3) is 0.486. The molecule has 2 aliphatic heterocycles. The molecule has 2 saturated carbocycles. The molecule has 7 rings (SSSR count). The Morgan fingerprint density at radius 2 is 1.90 bits per heavy atom. The van der Waals surface area contributed by atoms with Crippen LogP contribution in [0.25, 0.3) is 11.1 Å². The van der Waals surface area contributed by atoms with Gasteiger partial charge in [-0.25, -0.2) is 14.4 Å². The number of nitrogens with zero attached hydrogens (tertiary/aromatic N) is 4. The number of alkyl halides is 3. The van der Waals surface area contributed by atoms with Crippen LogP contribution < -0.4 is 20.7 Å². The predicted molar refractivity (Wildman–Crippen MR) is 180 cm³/mol. The molecule has 264 valence electrons. The van der Waals surface area contributed by atoms with Crippen molar-refractivity contribution >= 4 is 23.3 Å². The average molecular weight is 693 g/mol. The largest absolute Gasteiger partial charge is 0.481 e. The van der Waals surface area contributed by atoms with Crippen LogP contribution in [-0.2, 0) is 28.6 Å². The number of nitrogens with two attached hydrogens (primary N) is 1. The summed E-state index contributed by atoms with van der Waals surface area (Å²) in [6, 6.07) is 7.31. The van der Waals surface area contributed by atoms with Crippen LogP contribution in [0.2, 0.25) is 0 Å². The van der Waals surface area contributed by atoms with Crippen molar-refractivity contribution in [2.45, 2.75) is 95.3 Å². The van der Waals surface area contributed by atoms with Gasteiger partial charge in [0.25, 0.3) is 5.91 Å². The van der Waals surface area contributed by atoms with Gasteiger partial charge in [0.05, 0.1) is 24.9 Å². The van der Waals surface area contributed by atoms with Crippen LogP contribution in [0.15, 0.2) is 35.3 Å². The summed E-state index contributed by atoms with van der Waals surface area (Å²) in [5, 5.41) is 2.88. The van der Waals surface area contributed by atoms with Crippen molar-refractivity contribution < 1.29 is 31.9 Å². The van der Waals surface area contributed by atoms with Gasteiger partial charge in [-0.2, -0.15) is 13.2 Å². The molecule has 3 fully saturated rings. The molecule has 2 amide bonds. The van der Waals surface area contributed by atoms with Crippen LogP contribution >= 0.6 is 0 Å². The normalized spacial score (nSPS) is 22.4. The van der Waals surface area contributed by atoms with Gasteiger partial charge < -0.3 is 20.7 Å². The number of anilines is 1. The Bertz CT molecular complexity index is 1900. The quantitative estimate of drug-likeness (QED) is 0.259. The summed E-state index contributed by atoms with van der Waals surface area (Å²) in [6.45, 7) is 4.24. The first-order chi connectivity index (χ1) is 23.8. The molecular weight excluding hydrogens is 652 g/mol. The van der Waals surface area contributed by atoms with Gasteiger partial charge in [0.1, 0.15) is 22.9 Å². The molecule has 0 bridgehead atoms. The highest BCUT2D eigenvalue weighted by molar-refractivity contribution is 6.16. The van der Waals surface area contributed by atoms with Crippen molar-refractivity contribution in [2.24, 2.45) is 16.6 Å². The van der Waals surface area contributed by atoms with Crippen molar-refractivity contribution in [3.8, 4) is 17.0 Å². The second-order valence-electron chi connectivity index (χ2n) is 14.3. The molecule has 0 radical (unpaired) electrons. The first-order valence-electron chi connectivity index (χ1n) is 17.2. The van der Waals surface area contributed by atoms with Crippen molar-refractivity contribution in [3.63, 3.8) is 0 Å². The van der Waals surface area contributed by atoms with Crippen LogP contribution in [-0.4, -0.2) is 52.9 Å². The Morgan fingerprint density at radius 1 is 1.14 bits per heavy atom. The summed E-state index contributed by atoms with van der Waals surface area (Å²) in [5.41, 5.74) is 7.85. The fourth-order valence-corrected chi connectivity index (χ4v) is 7.73. The van der Waals surface area contributed by atoms with E-state index in [1.54, 1.807) is 6.07 Å². The Hall–Kier alpha value is -4.55. The van der Waals surface area contributed by atoms with Crippen molar-refractivity contribution in [1.82, 2.24) is 15.3 Å². The lowest BCUT2D eigenvalue weighted by Crippen LogP contribution is -2.53. The third-order valence-corrected chi connectivity index (χ3v) is 10.6. The molecule has 3 aromatic rings. The van der Waals surface area contributed by atoms with Crippen LogP contribution in [0.3, 0.4) is 0 Å². The van der Waals surface area contributed by atoms with E-state index in [2.05, 4.69) is 20.2 Å². The van der Waals surface area contributed by atoms with Crippen LogP contribution in [0.5, 0.6) is 5.88 Å². The summed E-state index contributed by atoms with van der Waals surface area (Å²) in [4.78, 5) is 40.7. The number of aromatic nitrogens is 2. The topological polar surface area (TPSA) is 123 Å². The summed E-state index contributed by atoms with van der Waals surface area (Å²) >= 11 is 0. The highest BCUT2D eigenvalue weighted by Gasteiger charge is 2.49. The number of amides is 2. The van der Waals surface area contributed by atoms with E-state index in [0.29, 0.717) is 65.4 Å². The SMILES string of the molecule is COc1nc(CC(N)=O)cc(C)c1-c1cc(F)c(CC2CCC2)c(N2CC[C@]3(C[C@@H]2C)N=C(c2ccc(C(F)(F)F)nc2C2CC2)NC3=O)c1. The van der Waals surface area contributed by atoms with E-state index in [-0.39, 0.29) is 41.8 Å². The molecule has 9 nitrogen and oxygen atoms in total. The van der Waals surface area contributed by atoms with Gasteiger partial charge in [-0.1, -0.05) is 19.3 Å². The molecule has 50 heavy (non-hydrogen) atoms. The van der Waals surface area contributed by atoms with Crippen LogP contribution in [0, 0.1) is 18.7 Å². The molecule has 2 aliphatic carbocycles. The number of pyridine rings is 2. The maximum atomic E-state index is 16.3. The predicted octanol–water partition coefficient (Wildman–Crippen LogP) is 6.17. The average Bonchev–Trinajstić information content (AvgIpc) is 3.82. The number of piperidine rings is 1. The number of nitrogens with one attached hydrogen (secondary N) is 1. The summed E-state index contributed by atoms with van der Waals surface area (Å²) in [7, 11) is 1.48. The van der Waals surface area contributed by atoms with E-state index < -0.39 is 23.3 Å².